The van der Waals surface area contributed by atoms with Crippen LogP contribution in [0.5, 0.6) is 0 Å². The van der Waals surface area contributed by atoms with Gasteiger partial charge in [0.25, 0.3) is 0 Å². The summed E-state index contributed by atoms with van der Waals surface area (Å²) in [5.41, 5.74) is -0.206. The van der Waals surface area contributed by atoms with Gasteiger partial charge >= 0.3 is 0 Å². The molecule has 0 aliphatic carbocycles. The van der Waals surface area contributed by atoms with Crippen molar-refractivity contribution >= 4 is 28.9 Å². The lowest BCUT2D eigenvalue weighted by atomic mass is 10.1. The van der Waals surface area contributed by atoms with Gasteiger partial charge in [-0.2, -0.15) is 0 Å². The van der Waals surface area contributed by atoms with E-state index in [1.165, 1.54) is 13.0 Å². The monoisotopic (exact) mass is 282 g/mol. The summed E-state index contributed by atoms with van der Waals surface area (Å²) in [6.07, 6.45) is 0.379. The summed E-state index contributed by atoms with van der Waals surface area (Å²) in [5, 5.41) is 0. The molecule has 0 unspecified atom stereocenters. The van der Waals surface area contributed by atoms with E-state index in [9.17, 15) is 13.6 Å². The van der Waals surface area contributed by atoms with Crippen LogP contribution in [0.1, 0.15) is 15.9 Å². The smallest absolute Gasteiger partial charge is 0.153 e. The molecule has 0 atom stereocenters. The summed E-state index contributed by atoms with van der Waals surface area (Å²) in [4.78, 5) is 10.3. The van der Waals surface area contributed by atoms with Crippen molar-refractivity contribution in [1.29, 1.82) is 0 Å². The Morgan fingerprint density at radius 1 is 1.42 bits per heavy atom. The second kappa shape index (κ2) is 3.47. The van der Waals surface area contributed by atoms with Gasteiger partial charge in [-0.15, -0.1) is 0 Å². The minimum Gasteiger partial charge on any atom is -0.298 e. The van der Waals surface area contributed by atoms with E-state index in [1.807, 2.05) is 0 Å². The van der Waals surface area contributed by atoms with Gasteiger partial charge in [-0.05, 0) is 35.6 Å². The van der Waals surface area contributed by atoms with Crippen LogP contribution in [0.2, 0.25) is 0 Å². The van der Waals surface area contributed by atoms with Crippen LogP contribution in [0, 0.1) is 22.1 Å². The molecule has 12 heavy (non-hydrogen) atoms. The zero-order chi connectivity index (χ0) is 9.30. The van der Waals surface area contributed by atoms with E-state index >= 15 is 0 Å². The molecule has 1 aromatic rings. The third-order valence-corrected chi connectivity index (χ3v) is 2.32. The van der Waals surface area contributed by atoms with Gasteiger partial charge in [0, 0.05) is 9.13 Å². The van der Waals surface area contributed by atoms with Crippen molar-refractivity contribution in [3.63, 3.8) is 0 Å². The maximum absolute atomic E-state index is 13.0. The van der Waals surface area contributed by atoms with Crippen molar-refractivity contribution in [3.8, 4) is 0 Å². The number of rotatable bonds is 1. The first-order valence-electron chi connectivity index (χ1n) is 3.17. The molecule has 0 saturated carbocycles. The van der Waals surface area contributed by atoms with Gasteiger partial charge in [0.2, 0.25) is 0 Å². The summed E-state index contributed by atoms with van der Waals surface area (Å²) < 4.78 is 26.2. The van der Waals surface area contributed by atoms with E-state index in [0.717, 1.165) is 0 Å². The zero-order valence-corrected chi connectivity index (χ0v) is 8.35. The predicted molar refractivity (Wildman–Crippen MR) is 49.2 cm³/mol. The minimum absolute atomic E-state index is 0.0988. The largest absolute Gasteiger partial charge is 0.298 e. The number of benzene rings is 1. The van der Waals surface area contributed by atoms with Crippen molar-refractivity contribution in [2.75, 3.05) is 0 Å². The average Bonchev–Trinajstić information content (AvgIpc) is 2.08. The quantitative estimate of drug-likeness (QED) is 0.439. The van der Waals surface area contributed by atoms with Crippen molar-refractivity contribution < 1.29 is 13.6 Å². The molecule has 1 nitrogen and oxygen atoms in total. The fourth-order valence-electron chi connectivity index (χ4n) is 0.841. The normalized spacial score (nSPS) is 10.0. The van der Waals surface area contributed by atoms with Crippen LogP contribution in [-0.4, -0.2) is 6.29 Å². The number of carbonyl (C=O) groups is 1. The molecule has 0 saturated heterocycles. The molecule has 0 amide bonds. The summed E-state index contributed by atoms with van der Waals surface area (Å²) in [5.74, 6) is -1.37. The van der Waals surface area contributed by atoms with Crippen molar-refractivity contribution in [2.45, 2.75) is 6.92 Å². The third kappa shape index (κ3) is 1.48. The SMILES string of the molecule is Cc1c(F)c(I)cc(C=O)c1F. The van der Waals surface area contributed by atoms with Crippen LogP contribution < -0.4 is 0 Å². The highest BCUT2D eigenvalue weighted by atomic mass is 127. The molecule has 0 bridgehead atoms. The molecule has 4 heteroatoms. The van der Waals surface area contributed by atoms with Crippen LogP contribution in [-0.2, 0) is 0 Å². The second-order valence-electron chi connectivity index (χ2n) is 2.32. The van der Waals surface area contributed by atoms with Crippen LogP contribution >= 0.6 is 22.6 Å². The molecule has 0 aliphatic heterocycles. The van der Waals surface area contributed by atoms with Crippen molar-refractivity contribution in [2.24, 2.45) is 0 Å². The molecule has 0 aromatic heterocycles. The Balaban J connectivity index is 3.49. The first-order chi connectivity index (χ1) is 5.57. The van der Waals surface area contributed by atoms with Gasteiger partial charge < -0.3 is 0 Å². The Hall–Kier alpha value is -0.520. The highest BCUT2D eigenvalue weighted by molar-refractivity contribution is 14.1. The fourth-order valence-corrected chi connectivity index (χ4v) is 1.58. The van der Waals surface area contributed by atoms with Crippen LogP contribution in [0.25, 0.3) is 0 Å². The van der Waals surface area contributed by atoms with Gasteiger partial charge in [-0.3, -0.25) is 4.79 Å². The standard InChI is InChI=1S/C8H5F2IO/c1-4-7(9)5(3-12)2-6(11)8(4)10/h2-3H,1H3. The number of halogens is 3. The van der Waals surface area contributed by atoms with E-state index in [-0.39, 0.29) is 14.7 Å². The van der Waals surface area contributed by atoms with Crippen LogP contribution in [0.3, 0.4) is 0 Å². The molecule has 0 N–H and O–H groups in total. The number of hydrogen-bond acceptors (Lipinski definition) is 1. The second-order valence-corrected chi connectivity index (χ2v) is 3.48. The van der Waals surface area contributed by atoms with Gasteiger partial charge in [0.05, 0.1) is 5.56 Å². The molecule has 64 valence electrons. The summed E-state index contributed by atoms with van der Waals surface area (Å²) in [6, 6.07) is 1.19. The summed E-state index contributed by atoms with van der Waals surface area (Å²) >= 11 is 1.72. The maximum atomic E-state index is 13.0. The topological polar surface area (TPSA) is 17.1 Å². The van der Waals surface area contributed by atoms with Gasteiger partial charge in [-0.25, -0.2) is 8.78 Å². The number of carbonyl (C=O) groups excluding carboxylic acids is 1. The Labute approximate surface area is 81.9 Å². The van der Waals surface area contributed by atoms with Gasteiger partial charge in [0.1, 0.15) is 11.6 Å². The Morgan fingerprint density at radius 3 is 2.50 bits per heavy atom. The Morgan fingerprint density at radius 2 is 2.00 bits per heavy atom. The van der Waals surface area contributed by atoms with E-state index in [2.05, 4.69) is 0 Å². The van der Waals surface area contributed by atoms with Crippen molar-refractivity contribution in [3.05, 3.63) is 32.4 Å². The fraction of sp³-hybridized carbons (Fsp3) is 0.125. The van der Waals surface area contributed by atoms with E-state index in [1.54, 1.807) is 22.6 Å². The number of aldehydes is 1. The Kier molecular flexibility index (Phi) is 2.76. The highest BCUT2D eigenvalue weighted by Gasteiger charge is 2.12. The highest BCUT2D eigenvalue weighted by Crippen LogP contribution is 2.20. The molecule has 0 aliphatic rings. The Bertz CT molecular complexity index is 336. The van der Waals surface area contributed by atoms with Crippen LogP contribution in [0.4, 0.5) is 8.78 Å². The molecule has 1 aromatic carbocycles. The summed E-state index contributed by atoms with van der Waals surface area (Å²) in [6.45, 7) is 1.31. The lowest BCUT2D eigenvalue weighted by Gasteiger charge is -2.02. The first-order valence-corrected chi connectivity index (χ1v) is 4.25. The maximum Gasteiger partial charge on any atom is 0.153 e. The van der Waals surface area contributed by atoms with Crippen molar-refractivity contribution in [1.82, 2.24) is 0 Å². The molecular weight excluding hydrogens is 277 g/mol. The molecule has 1 rings (SSSR count). The average molecular weight is 282 g/mol. The minimum atomic E-state index is -0.775. The van der Waals surface area contributed by atoms with E-state index < -0.39 is 11.6 Å². The molecule has 0 heterocycles. The van der Waals surface area contributed by atoms with Crippen LogP contribution in [0.15, 0.2) is 6.07 Å². The first kappa shape index (κ1) is 9.57. The van der Waals surface area contributed by atoms with E-state index in [4.69, 9.17) is 0 Å². The van der Waals surface area contributed by atoms with Gasteiger partial charge in [-0.1, -0.05) is 0 Å². The van der Waals surface area contributed by atoms with E-state index in [0.29, 0.717) is 6.29 Å². The van der Waals surface area contributed by atoms with Gasteiger partial charge in [0.15, 0.2) is 6.29 Å². The molecular formula is C8H5F2IO. The zero-order valence-electron chi connectivity index (χ0n) is 6.20. The predicted octanol–water partition coefficient (Wildman–Crippen LogP) is 2.69. The molecule has 0 radical (unpaired) electrons. The summed E-state index contributed by atoms with van der Waals surface area (Å²) in [7, 11) is 0. The number of hydrogen-bond donors (Lipinski definition) is 0. The third-order valence-electron chi connectivity index (χ3n) is 1.53. The lowest BCUT2D eigenvalue weighted by Crippen LogP contribution is -1.98. The molecule has 0 spiro atoms. The lowest BCUT2D eigenvalue weighted by molar-refractivity contribution is 0.111. The molecule has 0 fully saturated rings.